The van der Waals surface area contributed by atoms with Gasteiger partial charge in [0, 0.05) is 24.9 Å². The van der Waals surface area contributed by atoms with Crippen molar-refractivity contribution in [2.24, 2.45) is 0 Å². The lowest BCUT2D eigenvalue weighted by molar-refractivity contribution is -0.142. The summed E-state index contributed by atoms with van der Waals surface area (Å²) in [4.78, 5) is 13.7. The number of H-pyrrole nitrogens is 1. The topological polar surface area (TPSA) is 101 Å². The number of pyridine rings is 2. The first kappa shape index (κ1) is 20.4. The summed E-state index contributed by atoms with van der Waals surface area (Å²) in [6, 6.07) is 8.87. The molecule has 34 heavy (non-hydrogen) atoms. The molecule has 0 amide bonds. The predicted molar refractivity (Wildman–Crippen MR) is 114 cm³/mol. The van der Waals surface area contributed by atoms with E-state index < -0.39 is 17.9 Å². The highest BCUT2D eigenvalue weighted by Gasteiger charge is 2.38. The quantitative estimate of drug-likeness (QED) is 0.429. The smallest absolute Gasteiger partial charge is 0.402 e. The van der Waals surface area contributed by atoms with Gasteiger partial charge in [-0.2, -0.15) is 18.3 Å². The first-order chi connectivity index (χ1) is 16.4. The summed E-state index contributed by atoms with van der Waals surface area (Å²) in [5.41, 5.74) is 2.83. The third kappa shape index (κ3) is 3.21. The van der Waals surface area contributed by atoms with E-state index in [1.54, 1.807) is 24.7 Å². The van der Waals surface area contributed by atoms with E-state index in [4.69, 9.17) is 4.42 Å². The maximum atomic E-state index is 13.6. The van der Waals surface area contributed by atoms with Crippen LogP contribution in [-0.4, -0.2) is 41.3 Å². The highest BCUT2D eigenvalue weighted by molar-refractivity contribution is 5.55. The average Bonchev–Trinajstić information content (AvgIpc) is 3.56. The lowest BCUT2D eigenvalue weighted by atomic mass is 10.0. The fourth-order valence-corrected chi connectivity index (χ4v) is 4.30. The molecule has 6 heterocycles. The first-order valence-electron chi connectivity index (χ1n) is 10.5. The van der Waals surface area contributed by atoms with E-state index in [0.29, 0.717) is 35.6 Å². The Morgan fingerprint density at radius 3 is 2.82 bits per heavy atom. The normalized spacial score (nSPS) is 16.2. The standard InChI is InChI=1S/C22H17F3N8O/c1-12-4-3-8-26-17(12)20-29-30-21(34-20)32-9-7-14-18(28-11-27-14)19(32)15-10-13-5-2-6-16(22(23,24)25)33(13)31-15/h2-6,8,10-11,19H,7,9H2,1H3,(H,27,28). The summed E-state index contributed by atoms with van der Waals surface area (Å²) in [5, 5.41) is 12.7. The van der Waals surface area contributed by atoms with Gasteiger partial charge in [0.25, 0.3) is 5.89 Å². The fourth-order valence-electron chi connectivity index (χ4n) is 4.30. The van der Waals surface area contributed by atoms with Gasteiger partial charge in [-0.15, -0.1) is 5.10 Å². The number of anilines is 1. The molecule has 0 aromatic carbocycles. The van der Waals surface area contributed by atoms with Gasteiger partial charge in [0.05, 0.1) is 23.2 Å². The molecule has 0 fully saturated rings. The number of fused-ring (bicyclic) bond motifs is 2. The minimum absolute atomic E-state index is 0.215. The summed E-state index contributed by atoms with van der Waals surface area (Å²) in [6.07, 6.45) is -0.725. The van der Waals surface area contributed by atoms with Crippen LogP contribution < -0.4 is 4.90 Å². The van der Waals surface area contributed by atoms with E-state index in [9.17, 15) is 13.2 Å². The Hall–Kier alpha value is -4.22. The largest absolute Gasteiger partial charge is 0.433 e. The van der Waals surface area contributed by atoms with Crippen molar-refractivity contribution >= 4 is 11.5 Å². The maximum absolute atomic E-state index is 13.6. The SMILES string of the molecule is Cc1cccnc1-c1nnc(N2CCc3[nH]cnc3C2c2cc3cccc(C(F)(F)F)n3n2)o1. The molecule has 1 atom stereocenters. The number of imidazole rings is 1. The Morgan fingerprint density at radius 2 is 2.00 bits per heavy atom. The van der Waals surface area contributed by atoms with Crippen molar-refractivity contribution in [3.05, 3.63) is 77.3 Å². The number of aryl methyl sites for hydroxylation is 1. The second-order valence-corrected chi connectivity index (χ2v) is 7.99. The van der Waals surface area contributed by atoms with Crippen LogP contribution in [0.5, 0.6) is 0 Å². The molecular formula is C22H17F3N8O. The monoisotopic (exact) mass is 466 g/mol. The third-order valence-electron chi connectivity index (χ3n) is 5.87. The van der Waals surface area contributed by atoms with Crippen LogP contribution in [0.25, 0.3) is 17.1 Å². The summed E-state index contributed by atoms with van der Waals surface area (Å²) in [5.74, 6) is 0.258. The summed E-state index contributed by atoms with van der Waals surface area (Å²) in [7, 11) is 0. The Kier molecular flexibility index (Phi) is 4.44. The average molecular weight is 466 g/mol. The summed E-state index contributed by atoms with van der Waals surface area (Å²) >= 11 is 0. The highest BCUT2D eigenvalue weighted by Crippen LogP contribution is 2.38. The molecule has 1 aliphatic heterocycles. The Balaban J connectivity index is 1.47. The molecule has 0 bridgehead atoms. The Bertz CT molecular complexity index is 1500. The van der Waals surface area contributed by atoms with Crippen molar-refractivity contribution in [2.75, 3.05) is 11.4 Å². The number of rotatable bonds is 3. The van der Waals surface area contributed by atoms with E-state index in [-0.39, 0.29) is 11.9 Å². The molecular weight excluding hydrogens is 449 g/mol. The van der Waals surface area contributed by atoms with Crippen LogP contribution in [0.1, 0.15) is 34.4 Å². The zero-order valence-corrected chi connectivity index (χ0v) is 17.8. The molecule has 0 spiro atoms. The van der Waals surface area contributed by atoms with Crippen LogP contribution >= 0.6 is 0 Å². The number of nitrogens with one attached hydrogen (secondary N) is 1. The number of hydrogen-bond donors (Lipinski definition) is 1. The number of halogens is 3. The molecule has 6 rings (SSSR count). The first-order valence-corrected chi connectivity index (χ1v) is 10.5. The van der Waals surface area contributed by atoms with Gasteiger partial charge in [-0.3, -0.25) is 4.98 Å². The van der Waals surface area contributed by atoms with E-state index in [2.05, 4.69) is 30.2 Å². The van der Waals surface area contributed by atoms with E-state index in [1.807, 2.05) is 24.0 Å². The van der Waals surface area contributed by atoms with Crippen LogP contribution in [0.15, 0.2) is 53.3 Å². The molecule has 0 saturated carbocycles. The van der Waals surface area contributed by atoms with Gasteiger partial charge >= 0.3 is 12.2 Å². The van der Waals surface area contributed by atoms with Gasteiger partial charge in [-0.1, -0.05) is 17.2 Å². The molecule has 172 valence electrons. The number of aromatic nitrogens is 7. The minimum atomic E-state index is -4.55. The van der Waals surface area contributed by atoms with E-state index >= 15 is 0 Å². The summed E-state index contributed by atoms with van der Waals surface area (Å²) < 4.78 is 47.6. The van der Waals surface area contributed by atoms with Crippen molar-refractivity contribution in [1.29, 1.82) is 0 Å². The number of nitrogens with zero attached hydrogens (tertiary/aromatic N) is 7. The van der Waals surface area contributed by atoms with Gasteiger partial charge in [0.1, 0.15) is 17.4 Å². The van der Waals surface area contributed by atoms with Crippen LogP contribution in [0.3, 0.4) is 0 Å². The molecule has 0 radical (unpaired) electrons. The molecule has 0 aliphatic carbocycles. The number of hydrogen-bond acceptors (Lipinski definition) is 7. The van der Waals surface area contributed by atoms with E-state index in [1.165, 1.54) is 6.07 Å². The molecule has 12 heteroatoms. The van der Waals surface area contributed by atoms with Crippen LogP contribution in [0, 0.1) is 6.92 Å². The molecule has 1 N–H and O–H groups in total. The van der Waals surface area contributed by atoms with Crippen molar-refractivity contribution in [3.63, 3.8) is 0 Å². The van der Waals surface area contributed by atoms with Crippen LogP contribution in [0.2, 0.25) is 0 Å². The molecule has 5 aromatic heterocycles. The lowest BCUT2D eigenvalue weighted by Crippen LogP contribution is -2.37. The molecule has 1 unspecified atom stereocenters. The van der Waals surface area contributed by atoms with Crippen molar-refractivity contribution in [2.45, 2.75) is 25.6 Å². The third-order valence-corrected chi connectivity index (χ3v) is 5.87. The van der Waals surface area contributed by atoms with Gasteiger partial charge in [-0.25, -0.2) is 9.50 Å². The second kappa shape index (κ2) is 7.40. The number of alkyl halides is 3. The van der Waals surface area contributed by atoms with Crippen LogP contribution in [-0.2, 0) is 12.6 Å². The molecule has 0 saturated heterocycles. The number of aromatic amines is 1. The van der Waals surface area contributed by atoms with Gasteiger partial charge < -0.3 is 14.3 Å². The van der Waals surface area contributed by atoms with Gasteiger partial charge in [0.15, 0.2) is 0 Å². The molecule has 9 nitrogen and oxygen atoms in total. The maximum Gasteiger partial charge on any atom is 0.433 e. The Morgan fingerprint density at radius 1 is 1.12 bits per heavy atom. The van der Waals surface area contributed by atoms with Crippen molar-refractivity contribution in [3.8, 4) is 11.6 Å². The predicted octanol–water partition coefficient (Wildman–Crippen LogP) is 3.98. The summed E-state index contributed by atoms with van der Waals surface area (Å²) in [6.45, 7) is 2.36. The lowest BCUT2D eigenvalue weighted by Gasteiger charge is -2.32. The van der Waals surface area contributed by atoms with Crippen molar-refractivity contribution in [1.82, 2.24) is 34.8 Å². The van der Waals surface area contributed by atoms with Gasteiger partial charge in [0.2, 0.25) is 0 Å². The minimum Gasteiger partial charge on any atom is -0.402 e. The van der Waals surface area contributed by atoms with E-state index in [0.717, 1.165) is 21.8 Å². The zero-order valence-electron chi connectivity index (χ0n) is 17.8. The fraction of sp³-hybridized carbons (Fsp3) is 0.227. The molecule has 5 aromatic rings. The second-order valence-electron chi connectivity index (χ2n) is 7.99. The van der Waals surface area contributed by atoms with Gasteiger partial charge in [-0.05, 0) is 36.8 Å². The zero-order chi connectivity index (χ0) is 23.4. The highest BCUT2D eigenvalue weighted by atomic mass is 19.4. The molecule has 1 aliphatic rings. The van der Waals surface area contributed by atoms with Crippen LogP contribution in [0.4, 0.5) is 19.2 Å². The Labute approximate surface area is 190 Å². The van der Waals surface area contributed by atoms with Crippen molar-refractivity contribution < 1.29 is 17.6 Å².